The quantitative estimate of drug-likeness (QED) is 0.0942. The van der Waals surface area contributed by atoms with Crippen molar-refractivity contribution in [2.24, 2.45) is 5.16 Å². The second kappa shape index (κ2) is 11.2. The number of hydrogen-bond donors (Lipinski definition) is 3. The lowest BCUT2D eigenvalue weighted by Crippen LogP contribution is -2.71. The molecule has 39 heavy (non-hydrogen) atoms. The van der Waals surface area contributed by atoms with Crippen molar-refractivity contribution in [3.63, 3.8) is 0 Å². The van der Waals surface area contributed by atoms with Gasteiger partial charge in [-0.25, -0.2) is 14.2 Å². The van der Waals surface area contributed by atoms with Gasteiger partial charge in [-0.05, 0) is 18.1 Å². The molecule has 18 heteroatoms. The van der Waals surface area contributed by atoms with Crippen LogP contribution in [0.2, 0.25) is 0 Å². The van der Waals surface area contributed by atoms with E-state index in [0.717, 1.165) is 28.0 Å². The number of rotatable bonds is 9. The summed E-state index contributed by atoms with van der Waals surface area (Å²) in [5.41, 5.74) is 4.90. The first-order valence-electron chi connectivity index (χ1n) is 11.2. The lowest BCUT2D eigenvalue weighted by Gasteiger charge is -2.49. The summed E-state index contributed by atoms with van der Waals surface area (Å²) in [6.07, 6.45) is -3.38. The van der Waals surface area contributed by atoms with Crippen molar-refractivity contribution in [3.05, 3.63) is 34.0 Å². The third-order valence-electron chi connectivity index (χ3n) is 5.72. The normalized spacial score (nSPS) is 22.8. The van der Waals surface area contributed by atoms with Crippen molar-refractivity contribution in [2.75, 3.05) is 37.9 Å². The van der Waals surface area contributed by atoms with E-state index in [1.165, 1.54) is 11.5 Å². The van der Waals surface area contributed by atoms with Crippen molar-refractivity contribution in [1.29, 1.82) is 0 Å². The topological polar surface area (TPSA) is 168 Å². The second-order valence-corrected chi connectivity index (χ2v) is 10.3. The van der Waals surface area contributed by atoms with Crippen LogP contribution in [0.4, 0.5) is 22.7 Å². The van der Waals surface area contributed by atoms with Gasteiger partial charge < -0.3 is 25.9 Å². The van der Waals surface area contributed by atoms with Crippen LogP contribution in [0.5, 0.6) is 0 Å². The minimum atomic E-state index is -4.58. The number of nitrogen functional groups attached to an aromatic ring is 1. The van der Waals surface area contributed by atoms with Crippen LogP contribution in [0.1, 0.15) is 12.1 Å². The van der Waals surface area contributed by atoms with E-state index in [1.54, 1.807) is 0 Å². The molecule has 2 fully saturated rings. The molecule has 1 aromatic heterocycles. The monoisotopic (exact) mass is 592 g/mol. The Morgan fingerprint density at radius 3 is 2.72 bits per heavy atom. The molecule has 2 atom stereocenters. The molecule has 4 heterocycles. The number of thiazole rings is 1. The highest BCUT2D eigenvalue weighted by atomic mass is 32.2. The number of carbonyl (C=O) groups is 4. The van der Waals surface area contributed by atoms with Gasteiger partial charge in [-0.15, -0.1) is 23.1 Å². The Balaban J connectivity index is 1.52. The molecule has 0 radical (unpaired) electrons. The predicted octanol–water partition coefficient (Wildman–Crippen LogP) is 0.875. The fourth-order valence-corrected chi connectivity index (χ4v) is 5.94. The SMILES string of the molecule is Nc1nc(/C(=N/OCCF)C(=O)N[C@@H]2C(=O)N3C(C(=O)O)=C(/C=C4\CCN(CC(F)(F)F)C4=O)CS[C@H]23)cs1. The highest BCUT2D eigenvalue weighted by Crippen LogP contribution is 2.41. The number of aliphatic carboxylic acids is 1. The standard InChI is InChI=1S/C21H20F4N6O6S2/c22-2-4-37-29-12(11-7-39-20(26)27-11)15(32)28-13-17(34)31-14(19(35)36)10(6-38-18(13)31)5-9-1-3-30(16(9)33)8-21(23,24)25/h5,7,13,18H,1-4,6,8H2,(H2,26,27)(H,28,32)(H,35,36)/b9-5+,29-12-/t13-,18-/m1/s1. The number of oxime groups is 1. The van der Waals surface area contributed by atoms with Gasteiger partial charge in [0, 0.05) is 23.3 Å². The molecule has 3 amide bonds. The van der Waals surface area contributed by atoms with Gasteiger partial charge in [-0.3, -0.25) is 19.3 Å². The molecule has 210 valence electrons. The predicted molar refractivity (Wildman–Crippen MR) is 130 cm³/mol. The van der Waals surface area contributed by atoms with Crippen molar-refractivity contribution in [2.45, 2.75) is 24.0 Å². The number of hydrogen-bond acceptors (Lipinski definition) is 10. The molecule has 4 N–H and O–H groups in total. The number of amides is 3. The number of allylic oxidation sites excluding steroid dienone is 1. The summed E-state index contributed by atoms with van der Waals surface area (Å²) in [6, 6.07) is -1.16. The second-order valence-electron chi connectivity index (χ2n) is 8.33. The van der Waals surface area contributed by atoms with Crippen LogP contribution in [-0.4, -0.2) is 99.0 Å². The summed E-state index contributed by atoms with van der Waals surface area (Å²) in [5, 5.41) is 16.5. The number of carbonyl (C=O) groups excluding carboxylic acids is 3. The van der Waals surface area contributed by atoms with E-state index in [9.17, 15) is 41.8 Å². The minimum absolute atomic E-state index is 0.00143. The van der Waals surface area contributed by atoms with Gasteiger partial charge in [0.15, 0.2) is 10.8 Å². The first kappa shape index (κ1) is 28.3. The Hall–Kier alpha value is -3.67. The number of anilines is 1. The number of carboxylic acid groups (broad SMARTS) is 1. The molecule has 0 unspecified atom stereocenters. The average Bonchev–Trinajstić information content (AvgIpc) is 3.44. The van der Waals surface area contributed by atoms with E-state index in [-0.39, 0.29) is 46.4 Å². The fraction of sp³-hybridized carbons (Fsp3) is 0.429. The van der Waals surface area contributed by atoms with Gasteiger partial charge in [0.25, 0.3) is 11.8 Å². The summed E-state index contributed by atoms with van der Waals surface area (Å²) in [7, 11) is 0. The highest BCUT2D eigenvalue weighted by molar-refractivity contribution is 8.00. The summed E-state index contributed by atoms with van der Waals surface area (Å²) < 4.78 is 50.6. The van der Waals surface area contributed by atoms with E-state index in [1.807, 2.05) is 0 Å². The maximum atomic E-state index is 13.0. The van der Waals surface area contributed by atoms with Gasteiger partial charge in [-0.1, -0.05) is 5.16 Å². The van der Waals surface area contributed by atoms with Crippen LogP contribution >= 0.6 is 23.1 Å². The van der Waals surface area contributed by atoms with E-state index in [0.29, 0.717) is 4.90 Å². The van der Waals surface area contributed by atoms with Gasteiger partial charge >= 0.3 is 12.1 Å². The lowest BCUT2D eigenvalue weighted by molar-refractivity contribution is -0.156. The number of likely N-dealkylation sites (tertiary alicyclic amines) is 1. The Morgan fingerprint density at radius 2 is 2.10 bits per heavy atom. The molecule has 3 aliphatic rings. The highest BCUT2D eigenvalue weighted by Gasteiger charge is 2.54. The third-order valence-corrected chi connectivity index (χ3v) is 7.70. The Labute approximate surface area is 225 Å². The Morgan fingerprint density at radius 1 is 1.36 bits per heavy atom. The van der Waals surface area contributed by atoms with E-state index in [4.69, 9.17) is 10.6 Å². The summed E-state index contributed by atoms with van der Waals surface area (Å²) in [4.78, 5) is 60.6. The summed E-state index contributed by atoms with van der Waals surface area (Å²) in [5.74, 6) is -4.01. The third kappa shape index (κ3) is 6.00. The van der Waals surface area contributed by atoms with Crippen molar-refractivity contribution >= 4 is 57.6 Å². The zero-order valence-corrected chi connectivity index (χ0v) is 21.4. The van der Waals surface area contributed by atoms with Gasteiger partial charge in [0.2, 0.25) is 5.91 Å². The zero-order chi connectivity index (χ0) is 28.5. The van der Waals surface area contributed by atoms with Crippen molar-refractivity contribution < 1.29 is 46.7 Å². The van der Waals surface area contributed by atoms with E-state index in [2.05, 4.69) is 15.5 Å². The Bertz CT molecular complexity index is 1300. The van der Waals surface area contributed by atoms with Crippen LogP contribution in [0, 0.1) is 0 Å². The van der Waals surface area contributed by atoms with Crippen LogP contribution in [0.15, 0.2) is 33.5 Å². The van der Waals surface area contributed by atoms with Crippen molar-refractivity contribution in [1.82, 2.24) is 20.1 Å². The molecule has 0 aliphatic carbocycles. The number of halogens is 4. The fourth-order valence-electron chi connectivity index (χ4n) is 4.09. The van der Waals surface area contributed by atoms with Crippen LogP contribution < -0.4 is 11.1 Å². The molecule has 0 saturated carbocycles. The summed E-state index contributed by atoms with van der Waals surface area (Å²) in [6.45, 7) is -2.90. The number of fused-ring (bicyclic) bond motifs is 1. The first-order valence-corrected chi connectivity index (χ1v) is 13.1. The molecule has 0 aromatic carbocycles. The molecule has 4 rings (SSSR count). The van der Waals surface area contributed by atoms with Crippen LogP contribution in [0.3, 0.4) is 0 Å². The van der Waals surface area contributed by atoms with Crippen LogP contribution in [0.25, 0.3) is 0 Å². The average molecular weight is 593 g/mol. The number of thioether (sulfide) groups is 1. The van der Waals surface area contributed by atoms with Gasteiger partial charge in [0.05, 0.1) is 0 Å². The largest absolute Gasteiger partial charge is 0.477 e. The molecule has 1 aromatic rings. The zero-order valence-electron chi connectivity index (χ0n) is 19.7. The molecule has 3 aliphatic heterocycles. The van der Waals surface area contributed by atoms with Gasteiger partial charge in [-0.2, -0.15) is 13.2 Å². The minimum Gasteiger partial charge on any atom is -0.477 e. The molecule has 12 nitrogen and oxygen atoms in total. The summed E-state index contributed by atoms with van der Waals surface area (Å²) >= 11 is 2.09. The molecule has 2 saturated heterocycles. The van der Waals surface area contributed by atoms with Crippen molar-refractivity contribution in [3.8, 4) is 0 Å². The number of nitrogens with one attached hydrogen (secondary N) is 1. The number of aromatic nitrogens is 1. The van der Waals surface area contributed by atoms with Gasteiger partial charge in [0.1, 0.15) is 42.6 Å². The molecule has 0 spiro atoms. The number of carboxylic acids is 1. The number of alkyl halides is 4. The van der Waals surface area contributed by atoms with Crippen LogP contribution in [-0.2, 0) is 24.0 Å². The number of nitrogens with two attached hydrogens (primary N) is 1. The smallest absolute Gasteiger partial charge is 0.406 e. The maximum Gasteiger partial charge on any atom is 0.406 e. The van der Waals surface area contributed by atoms with E-state index >= 15 is 0 Å². The first-order chi connectivity index (χ1) is 18.4. The number of nitrogens with zero attached hydrogens (tertiary/aromatic N) is 4. The lowest BCUT2D eigenvalue weighted by atomic mass is 10.0. The van der Waals surface area contributed by atoms with E-state index < -0.39 is 66.8 Å². The molecular formula is C21H20F4N6O6S2. The Kier molecular flexibility index (Phi) is 8.15. The molecular weight excluding hydrogens is 572 g/mol. The number of β-lactam (4-membered cyclic amide) rings is 1. The maximum absolute atomic E-state index is 13.0. The molecule has 0 bridgehead atoms.